The van der Waals surface area contributed by atoms with Gasteiger partial charge in [0.25, 0.3) is 0 Å². The molecule has 0 spiro atoms. The molecule has 0 radical (unpaired) electrons. The fourth-order valence-electron chi connectivity index (χ4n) is 0.616. The second-order valence-electron chi connectivity index (χ2n) is 2.15. The number of rotatable bonds is 4. The molecule has 0 aromatic rings. The van der Waals surface area contributed by atoms with E-state index in [0.717, 1.165) is 0 Å². The molecule has 0 aliphatic heterocycles. The zero-order valence-electron chi connectivity index (χ0n) is 6.26. The van der Waals surface area contributed by atoms with Crippen molar-refractivity contribution in [1.82, 2.24) is 0 Å². The van der Waals surface area contributed by atoms with Crippen molar-refractivity contribution in [2.45, 2.75) is 32.0 Å². The third kappa shape index (κ3) is 6.56. The molecule has 0 saturated heterocycles. The van der Waals surface area contributed by atoms with Crippen molar-refractivity contribution in [2.24, 2.45) is 0 Å². The summed E-state index contributed by atoms with van der Waals surface area (Å²) in [5.74, 6) is 0. The molecule has 0 amide bonds. The molecule has 0 bridgehead atoms. The Morgan fingerprint density at radius 2 is 2.08 bits per heavy atom. The predicted octanol–water partition coefficient (Wildman–Crippen LogP) is 1.53. The summed E-state index contributed by atoms with van der Waals surface area (Å²) in [6.45, 7) is 1.42. The Bertz CT molecular complexity index is 159. The average molecular weight is 205 g/mol. The van der Waals surface area contributed by atoms with Gasteiger partial charge in [-0.1, -0.05) is 6.92 Å². The van der Waals surface area contributed by atoms with Crippen LogP contribution in [0.1, 0.15) is 19.8 Å². The highest BCUT2D eigenvalue weighted by Gasteiger charge is 2.31. The van der Waals surface area contributed by atoms with Crippen LogP contribution in [0.5, 0.6) is 0 Å². The first-order chi connectivity index (χ1) is 5.35. The molecule has 74 valence electrons. The lowest BCUT2D eigenvalue weighted by Crippen LogP contribution is -2.22. The standard InChI is InChI=1S/C5H9F3O3S/c1-2-4(11-12(9)10)3-5(6,7)8/h4H,2-3H2,1H3,(H,9,10)/p-1. The number of hydrogen-bond acceptors (Lipinski definition) is 3. The summed E-state index contributed by atoms with van der Waals surface area (Å²) in [5.41, 5.74) is 0. The maximum Gasteiger partial charge on any atom is 0.391 e. The maximum atomic E-state index is 11.7. The van der Waals surface area contributed by atoms with E-state index in [0.29, 0.717) is 0 Å². The Balaban J connectivity index is 3.92. The first kappa shape index (κ1) is 11.9. The normalized spacial score (nSPS) is 17.4. The zero-order chi connectivity index (χ0) is 9.78. The first-order valence-corrected chi connectivity index (χ1v) is 4.18. The number of halogens is 3. The van der Waals surface area contributed by atoms with E-state index >= 15 is 0 Å². The molecule has 2 unspecified atom stereocenters. The van der Waals surface area contributed by atoms with Crippen LogP contribution in [-0.2, 0) is 15.5 Å². The molecule has 0 aliphatic carbocycles. The summed E-state index contributed by atoms with van der Waals surface area (Å²) < 4.78 is 58.7. The predicted molar refractivity (Wildman–Crippen MR) is 34.8 cm³/mol. The van der Waals surface area contributed by atoms with Gasteiger partial charge in [0.05, 0.1) is 23.9 Å². The summed E-state index contributed by atoms with van der Waals surface area (Å²) in [7, 11) is 0. The lowest BCUT2D eigenvalue weighted by molar-refractivity contribution is -0.150. The van der Waals surface area contributed by atoms with Gasteiger partial charge >= 0.3 is 6.18 Å². The SMILES string of the molecule is CCC(CC(F)(F)F)OS(=O)[O-]. The van der Waals surface area contributed by atoms with Gasteiger partial charge in [0.2, 0.25) is 0 Å². The molecule has 3 nitrogen and oxygen atoms in total. The van der Waals surface area contributed by atoms with Gasteiger partial charge in [-0.3, -0.25) is 4.18 Å². The smallest absolute Gasteiger partial charge is 0.391 e. The summed E-state index contributed by atoms with van der Waals surface area (Å²) in [4.78, 5) is 0. The Labute approximate surface area is 70.4 Å². The van der Waals surface area contributed by atoms with Crippen LogP contribution in [0.2, 0.25) is 0 Å². The maximum absolute atomic E-state index is 11.7. The topological polar surface area (TPSA) is 49.4 Å². The fraction of sp³-hybridized carbons (Fsp3) is 1.00. The van der Waals surface area contributed by atoms with E-state index in [1.54, 1.807) is 0 Å². The van der Waals surface area contributed by atoms with Crippen LogP contribution in [0, 0.1) is 0 Å². The van der Waals surface area contributed by atoms with E-state index < -0.39 is 30.1 Å². The highest BCUT2D eigenvalue weighted by atomic mass is 32.2. The van der Waals surface area contributed by atoms with Crippen molar-refractivity contribution < 1.29 is 26.1 Å². The van der Waals surface area contributed by atoms with Gasteiger partial charge in [-0.2, -0.15) is 13.2 Å². The van der Waals surface area contributed by atoms with Crippen LogP contribution < -0.4 is 0 Å². The molecule has 0 saturated carbocycles. The molecule has 0 heterocycles. The molecule has 7 heteroatoms. The summed E-state index contributed by atoms with van der Waals surface area (Å²) in [6.07, 6.45) is -6.92. The van der Waals surface area contributed by atoms with Crippen molar-refractivity contribution in [3.63, 3.8) is 0 Å². The Morgan fingerprint density at radius 3 is 2.33 bits per heavy atom. The molecule has 0 fully saturated rings. The van der Waals surface area contributed by atoms with E-state index in [1.165, 1.54) is 6.92 Å². The summed E-state index contributed by atoms with van der Waals surface area (Å²) >= 11 is -2.88. The average Bonchev–Trinajstić information content (AvgIpc) is 1.82. The van der Waals surface area contributed by atoms with Gasteiger partial charge < -0.3 is 4.55 Å². The lowest BCUT2D eigenvalue weighted by Gasteiger charge is -2.17. The fourth-order valence-corrected chi connectivity index (χ4v) is 1.04. The van der Waals surface area contributed by atoms with Crippen molar-refractivity contribution in [3.05, 3.63) is 0 Å². The van der Waals surface area contributed by atoms with Crippen LogP contribution in [-0.4, -0.2) is 21.0 Å². The van der Waals surface area contributed by atoms with Gasteiger partial charge in [-0.25, -0.2) is 4.21 Å². The first-order valence-electron chi connectivity index (χ1n) is 3.18. The van der Waals surface area contributed by atoms with Crippen LogP contribution in [0.15, 0.2) is 0 Å². The van der Waals surface area contributed by atoms with E-state index in [4.69, 9.17) is 0 Å². The minimum Gasteiger partial charge on any atom is -0.750 e. The Hall–Kier alpha value is -0.140. The van der Waals surface area contributed by atoms with Gasteiger partial charge in [0.15, 0.2) is 0 Å². The molecule has 2 atom stereocenters. The van der Waals surface area contributed by atoms with Crippen molar-refractivity contribution >= 4 is 11.4 Å². The second kappa shape index (κ2) is 4.78. The molecule has 0 rings (SSSR count). The molecular formula is C5H8F3O3S-. The third-order valence-corrected chi connectivity index (χ3v) is 1.56. The number of hydrogen-bond donors (Lipinski definition) is 0. The van der Waals surface area contributed by atoms with Gasteiger partial charge in [-0.05, 0) is 6.42 Å². The van der Waals surface area contributed by atoms with E-state index in [9.17, 15) is 21.9 Å². The van der Waals surface area contributed by atoms with Gasteiger partial charge in [0, 0.05) is 0 Å². The third-order valence-electron chi connectivity index (χ3n) is 1.13. The van der Waals surface area contributed by atoms with Gasteiger partial charge in [-0.15, -0.1) is 0 Å². The lowest BCUT2D eigenvalue weighted by atomic mass is 10.2. The van der Waals surface area contributed by atoms with E-state index in [-0.39, 0.29) is 6.42 Å². The quantitative estimate of drug-likeness (QED) is 0.654. The molecule has 0 aromatic carbocycles. The van der Waals surface area contributed by atoms with Crippen LogP contribution in [0.3, 0.4) is 0 Å². The molecule has 0 aromatic heterocycles. The highest BCUT2D eigenvalue weighted by molar-refractivity contribution is 7.74. The molecule has 0 aliphatic rings. The minimum atomic E-state index is -4.39. The van der Waals surface area contributed by atoms with Crippen molar-refractivity contribution in [1.29, 1.82) is 0 Å². The van der Waals surface area contributed by atoms with Crippen molar-refractivity contribution in [2.75, 3.05) is 0 Å². The zero-order valence-corrected chi connectivity index (χ0v) is 7.07. The van der Waals surface area contributed by atoms with E-state index in [1.807, 2.05) is 0 Å². The van der Waals surface area contributed by atoms with E-state index in [2.05, 4.69) is 4.18 Å². The summed E-state index contributed by atoms with van der Waals surface area (Å²) in [5, 5.41) is 0. The number of alkyl halides is 3. The van der Waals surface area contributed by atoms with Crippen molar-refractivity contribution in [3.8, 4) is 0 Å². The second-order valence-corrected chi connectivity index (χ2v) is 2.75. The molecule has 12 heavy (non-hydrogen) atoms. The van der Waals surface area contributed by atoms with Crippen LogP contribution in [0.4, 0.5) is 13.2 Å². The largest absolute Gasteiger partial charge is 0.750 e. The molecular weight excluding hydrogens is 197 g/mol. The van der Waals surface area contributed by atoms with Gasteiger partial charge in [0.1, 0.15) is 0 Å². The Kier molecular flexibility index (Phi) is 4.73. The molecule has 0 N–H and O–H groups in total. The van der Waals surface area contributed by atoms with Crippen LogP contribution >= 0.6 is 0 Å². The highest BCUT2D eigenvalue weighted by Crippen LogP contribution is 2.24. The Morgan fingerprint density at radius 1 is 1.58 bits per heavy atom. The van der Waals surface area contributed by atoms with Crippen LogP contribution in [0.25, 0.3) is 0 Å². The summed E-state index contributed by atoms with van der Waals surface area (Å²) in [6, 6.07) is 0. The monoisotopic (exact) mass is 205 g/mol. The minimum absolute atomic E-state index is 0.00743.